The summed E-state index contributed by atoms with van der Waals surface area (Å²) in [7, 11) is 0. The summed E-state index contributed by atoms with van der Waals surface area (Å²) in [4.78, 5) is 13.9. The molecule has 3 nitrogen and oxygen atoms in total. The van der Waals surface area contributed by atoms with E-state index in [2.05, 4.69) is 211 Å². The fraction of sp³-hybridized carbons (Fsp3) is 0. The molecular weight excluding hydrogens is 691 g/mol. The van der Waals surface area contributed by atoms with Crippen molar-refractivity contribution < 1.29 is 0 Å². The molecule has 0 saturated carbocycles. The molecular formula is C54H35N3. The zero-order valence-electron chi connectivity index (χ0n) is 31.0. The molecule has 0 aliphatic heterocycles. The first kappa shape index (κ1) is 32.8. The lowest BCUT2D eigenvalue weighted by Gasteiger charge is -2.13. The summed E-state index contributed by atoms with van der Waals surface area (Å²) in [6.07, 6.45) is 2.07. The Kier molecular flexibility index (Phi) is 7.82. The van der Waals surface area contributed by atoms with Crippen LogP contribution in [0.1, 0.15) is 0 Å². The number of hydrogen-bond acceptors (Lipinski definition) is 2. The van der Waals surface area contributed by atoms with Crippen molar-refractivity contribution in [2.24, 2.45) is 0 Å². The molecule has 57 heavy (non-hydrogen) atoms. The Morgan fingerprint density at radius 2 is 0.807 bits per heavy atom. The number of nitrogens with zero attached hydrogens (tertiary/aromatic N) is 2. The highest BCUT2D eigenvalue weighted by Crippen LogP contribution is 2.37. The lowest BCUT2D eigenvalue weighted by molar-refractivity contribution is 1.18. The highest BCUT2D eigenvalue weighted by atomic mass is 14.9. The maximum Gasteiger partial charge on any atom is 0.160 e. The Balaban J connectivity index is 0.964. The molecule has 0 bridgehead atoms. The molecule has 266 valence electrons. The normalized spacial score (nSPS) is 11.5. The number of nitrogens with one attached hydrogen (secondary N) is 1. The van der Waals surface area contributed by atoms with Gasteiger partial charge in [-0.2, -0.15) is 0 Å². The Morgan fingerprint density at radius 1 is 0.298 bits per heavy atom. The second kappa shape index (κ2) is 13.6. The molecule has 11 aromatic rings. The molecule has 0 unspecified atom stereocenters. The van der Waals surface area contributed by atoms with Gasteiger partial charge in [-0.15, -0.1) is 0 Å². The smallest absolute Gasteiger partial charge is 0.160 e. The van der Waals surface area contributed by atoms with Crippen LogP contribution in [-0.4, -0.2) is 15.0 Å². The summed E-state index contributed by atoms with van der Waals surface area (Å²) in [6.45, 7) is 0. The average molecular weight is 726 g/mol. The van der Waals surface area contributed by atoms with Gasteiger partial charge in [0.25, 0.3) is 0 Å². The van der Waals surface area contributed by atoms with Gasteiger partial charge in [0.1, 0.15) is 0 Å². The molecule has 0 aliphatic rings. The first-order chi connectivity index (χ1) is 28.2. The molecule has 9 aromatic carbocycles. The van der Waals surface area contributed by atoms with Crippen LogP contribution >= 0.6 is 0 Å². The lowest BCUT2D eigenvalue weighted by atomic mass is 9.93. The third kappa shape index (κ3) is 5.94. The summed E-state index contributed by atoms with van der Waals surface area (Å²) in [5, 5.41) is 9.85. The van der Waals surface area contributed by atoms with E-state index in [0.29, 0.717) is 5.82 Å². The fourth-order valence-electron chi connectivity index (χ4n) is 8.29. The van der Waals surface area contributed by atoms with E-state index in [-0.39, 0.29) is 0 Å². The van der Waals surface area contributed by atoms with Gasteiger partial charge in [-0.25, -0.2) is 9.97 Å². The molecule has 1 N–H and O–H groups in total. The van der Waals surface area contributed by atoms with Crippen molar-refractivity contribution in [2.75, 3.05) is 0 Å². The Bertz CT molecular complexity index is 3270. The van der Waals surface area contributed by atoms with Crippen molar-refractivity contribution in [3.63, 3.8) is 0 Å². The van der Waals surface area contributed by atoms with Crippen molar-refractivity contribution in [3.8, 4) is 67.4 Å². The predicted molar refractivity (Wildman–Crippen MR) is 239 cm³/mol. The number of aromatic amines is 1. The molecule has 0 spiro atoms. The zero-order chi connectivity index (χ0) is 37.7. The second-order valence-corrected chi connectivity index (χ2v) is 14.7. The molecule has 0 atom stereocenters. The second-order valence-electron chi connectivity index (χ2n) is 14.7. The van der Waals surface area contributed by atoms with Crippen LogP contribution in [0.2, 0.25) is 0 Å². The largest absolute Gasteiger partial charge is 0.360 e. The maximum atomic E-state index is 5.21. The van der Waals surface area contributed by atoms with Gasteiger partial charge in [0.2, 0.25) is 0 Å². The Morgan fingerprint density at radius 3 is 1.54 bits per heavy atom. The van der Waals surface area contributed by atoms with Crippen molar-refractivity contribution >= 4 is 43.1 Å². The third-order valence-electron chi connectivity index (χ3n) is 11.3. The topological polar surface area (TPSA) is 41.6 Å². The van der Waals surface area contributed by atoms with E-state index < -0.39 is 0 Å². The van der Waals surface area contributed by atoms with Crippen LogP contribution in [0.15, 0.2) is 206 Å². The quantitative estimate of drug-likeness (QED) is 0.173. The number of rotatable bonds is 6. The Labute approximate surface area is 330 Å². The summed E-state index contributed by atoms with van der Waals surface area (Å²) in [5.74, 6) is 0.696. The van der Waals surface area contributed by atoms with E-state index >= 15 is 0 Å². The minimum atomic E-state index is 0.696. The first-order valence-corrected chi connectivity index (χ1v) is 19.4. The third-order valence-corrected chi connectivity index (χ3v) is 11.3. The van der Waals surface area contributed by atoms with Gasteiger partial charge < -0.3 is 4.98 Å². The van der Waals surface area contributed by atoms with Gasteiger partial charge in [0.15, 0.2) is 5.82 Å². The zero-order valence-corrected chi connectivity index (χ0v) is 31.0. The van der Waals surface area contributed by atoms with Gasteiger partial charge in [0.05, 0.1) is 17.1 Å². The summed E-state index contributed by atoms with van der Waals surface area (Å²) >= 11 is 0. The number of H-pyrrole nitrogens is 1. The van der Waals surface area contributed by atoms with E-state index in [1.165, 1.54) is 59.8 Å². The molecule has 3 heteroatoms. The van der Waals surface area contributed by atoms with Crippen molar-refractivity contribution in [1.29, 1.82) is 0 Å². The van der Waals surface area contributed by atoms with E-state index in [1.807, 2.05) is 0 Å². The van der Waals surface area contributed by atoms with Gasteiger partial charge in [-0.3, -0.25) is 0 Å². The fourth-order valence-corrected chi connectivity index (χ4v) is 8.29. The van der Waals surface area contributed by atoms with Crippen LogP contribution in [-0.2, 0) is 0 Å². The van der Waals surface area contributed by atoms with Gasteiger partial charge in [-0.05, 0) is 83.7 Å². The van der Waals surface area contributed by atoms with E-state index in [1.54, 1.807) is 0 Å². The van der Waals surface area contributed by atoms with Crippen molar-refractivity contribution in [1.82, 2.24) is 15.0 Å². The standard InChI is InChI=1S/C54H35N3/c1-2-10-42-31-44(30-21-35(42)9-1)52-33-51(39-24-17-36(18-25-39)37-19-26-40(27-20-37)53-47-14-6-4-12-45(47)34-55-53)56-54(57-52)41-28-22-38(23-29-41)50-32-43-11-3-5-13-46(43)48-15-7-8-16-49(48)50/h1-34,55H. The first-order valence-electron chi connectivity index (χ1n) is 19.4. The molecule has 2 aromatic heterocycles. The molecule has 0 aliphatic carbocycles. The number of fused-ring (bicyclic) bond motifs is 5. The summed E-state index contributed by atoms with van der Waals surface area (Å²) in [6, 6.07) is 71.5. The molecule has 11 rings (SSSR count). The minimum Gasteiger partial charge on any atom is -0.360 e. The average Bonchev–Trinajstić information content (AvgIpc) is 3.73. The highest BCUT2D eigenvalue weighted by molar-refractivity contribution is 6.13. The van der Waals surface area contributed by atoms with Gasteiger partial charge in [0, 0.05) is 28.3 Å². The van der Waals surface area contributed by atoms with E-state index in [0.717, 1.165) is 44.9 Å². The molecule has 0 radical (unpaired) electrons. The number of hydrogen-bond donors (Lipinski definition) is 1. The van der Waals surface area contributed by atoms with Gasteiger partial charge >= 0.3 is 0 Å². The summed E-state index contributed by atoms with van der Waals surface area (Å²) < 4.78 is 0. The summed E-state index contributed by atoms with van der Waals surface area (Å²) in [5.41, 5.74) is 11.9. The monoisotopic (exact) mass is 725 g/mol. The minimum absolute atomic E-state index is 0.696. The van der Waals surface area contributed by atoms with Crippen LogP contribution in [0, 0.1) is 0 Å². The van der Waals surface area contributed by atoms with Crippen LogP contribution in [0.5, 0.6) is 0 Å². The van der Waals surface area contributed by atoms with Crippen molar-refractivity contribution in [2.45, 2.75) is 0 Å². The van der Waals surface area contributed by atoms with E-state index in [9.17, 15) is 0 Å². The molecule has 0 amide bonds. The molecule has 2 heterocycles. The van der Waals surface area contributed by atoms with E-state index in [4.69, 9.17) is 9.97 Å². The molecule has 0 fully saturated rings. The highest BCUT2D eigenvalue weighted by Gasteiger charge is 2.14. The lowest BCUT2D eigenvalue weighted by Crippen LogP contribution is -1.96. The van der Waals surface area contributed by atoms with Crippen LogP contribution in [0.4, 0.5) is 0 Å². The number of benzene rings is 9. The molecule has 0 saturated heterocycles. The maximum absolute atomic E-state index is 5.21. The predicted octanol–water partition coefficient (Wildman–Crippen LogP) is 14.4. The van der Waals surface area contributed by atoms with Crippen LogP contribution in [0.25, 0.3) is 111 Å². The van der Waals surface area contributed by atoms with Crippen molar-refractivity contribution in [3.05, 3.63) is 206 Å². The Hall–Kier alpha value is -7.62. The van der Waals surface area contributed by atoms with Crippen LogP contribution < -0.4 is 0 Å². The number of aromatic nitrogens is 3. The SMILES string of the molecule is c1ccc2cc(-c3cc(-c4ccc(-c5ccc(-c6[nH]cc7ccccc67)cc5)cc4)nc(-c4ccc(-c5cc6ccccc6c6ccccc56)cc4)n3)ccc2c1. The van der Waals surface area contributed by atoms with Crippen LogP contribution in [0.3, 0.4) is 0 Å². The van der Waals surface area contributed by atoms with Gasteiger partial charge in [-0.1, -0.05) is 182 Å².